The minimum Gasteiger partial charge on any atom is -0.0651 e. The third-order valence-electron chi connectivity index (χ3n) is 6.05. The fourth-order valence-corrected chi connectivity index (χ4v) is 4.37. The van der Waals surface area contributed by atoms with Gasteiger partial charge in [0.25, 0.3) is 0 Å². The van der Waals surface area contributed by atoms with Crippen LogP contribution in [0.25, 0.3) is 22.3 Å². The molecule has 0 bridgehead atoms. The third kappa shape index (κ3) is 4.97. The molecule has 0 aliphatic carbocycles. The molecular weight excluding hydrogens is 372 g/mol. The number of benzene rings is 4. The Morgan fingerprint density at radius 3 is 2.00 bits per heavy atom. The van der Waals surface area contributed by atoms with Crippen molar-refractivity contribution < 1.29 is 0 Å². The molecule has 0 saturated carbocycles. The molecule has 0 heterocycles. The summed E-state index contributed by atoms with van der Waals surface area (Å²) < 4.78 is 0. The van der Waals surface area contributed by atoms with E-state index in [9.17, 15) is 0 Å². The first-order chi connectivity index (χ1) is 15.2. The lowest BCUT2D eigenvalue weighted by Crippen LogP contribution is -1.98. The van der Waals surface area contributed by atoms with Gasteiger partial charge in [0.2, 0.25) is 0 Å². The van der Waals surface area contributed by atoms with Gasteiger partial charge in [0.1, 0.15) is 0 Å². The van der Waals surface area contributed by atoms with Crippen LogP contribution in [0.1, 0.15) is 55.4 Å². The Morgan fingerprint density at radius 1 is 0.613 bits per heavy atom. The standard InChI is InChI=1S/C31H32/c1-4-10-24-15-17-26(18-16-24)27-19-20-28(21-25-11-6-5-7-12-25)31(22-27)30-14-9-8-13-29(30)23(2)3/h5-9,11-20,22-23H,4,10,21H2,1-3H3. The number of rotatable bonds is 7. The fourth-order valence-electron chi connectivity index (χ4n) is 4.37. The van der Waals surface area contributed by atoms with E-state index in [0.29, 0.717) is 5.92 Å². The lowest BCUT2D eigenvalue weighted by molar-refractivity contribution is 0.868. The van der Waals surface area contributed by atoms with Crippen LogP contribution < -0.4 is 0 Å². The Balaban J connectivity index is 1.81. The Morgan fingerprint density at radius 2 is 1.29 bits per heavy atom. The van der Waals surface area contributed by atoms with Gasteiger partial charge in [-0.2, -0.15) is 0 Å². The molecule has 4 aromatic rings. The van der Waals surface area contributed by atoms with Crippen LogP contribution in [-0.2, 0) is 12.8 Å². The Hall–Kier alpha value is -3.12. The van der Waals surface area contributed by atoms with Gasteiger partial charge in [0.15, 0.2) is 0 Å². The highest BCUT2D eigenvalue weighted by Crippen LogP contribution is 2.35. The van der Waals surface area contributed by atoms with E-state index in [1.807, 2.05) is 0 Å². The smallest absolute Gasteiger partial charge is 0.00196 e. The molecule has 0 radical (unpaired) electrons. The van der Waals surface area contributed by atoms with Crippen molar-refractivity contribution in [3.63, 3.8) is 0 Å². The minimum atomic E-state index is 0.484. The van der Waals surface area contributed by atoms with Gasteiger partial charge in [0.05, 0.1) is 0 Å². The fraction of sp³-hybridized carbons (Fsp3) is 0.226. The average molecular weight is 405 g/mol. The number of hydrogen-bond acceptors (Lipinski definition) is 0. The second kappa shape index (κ2) is 9.79. The van der Waals surface area contributed by atoms with Gasteiger partial charge in [-0.25, -0.2) is 0 Å². The summed E-state index contributed by atoms with van der Waals surface area (Å²) in [4.78, 5) is 0. The topological polar surface area (TPSA) is 0 Å². The predicted molar refractivity (Wildman–Crippen MR) is 135 cm³/mol. The van der Waals surface area contributed by atoms with Gasteiger partial charge >= 0.3 is 0 Å². The van der Waals surface area contributed by atoms with Gasteiger partial charge in [-0.05, 0) is 69.3 Å². The largest absolute Gasteiger partial charge is 0.0651 e. The molecule has 0 nitrogen and oxygen atoms in total. The minimum absolute atomic E-state index is 0.484. The van der Waals surface area contributed by atoms with Crippen LogP contribution in [0.3, 0.4) is 0 Å². The van der Waals surface area contributed by atoms with E-state index in [0.717, 1.165) is 12.8 Å². The normalized spacial score (nSPS) is 11.1. The molecule has 0 aliphatic heterocycles. The SMILES string of the molecule is CCCc1ccc(-c2ccc(Cc3ccccc3)c(-c3ccccc3C(C)C)c2)cc1. The Bertz CT molecular complexity index is 1120. The molecule has 0 fully saturated rings. The van der Waals surface area contributed by atoms with E-state index >= 15 is 0 Å². The average Bonchev–Trinajstić information content (AvgIpc) is 2.81. The summed E-state index contributed by atoms with van der Waals surface area (Å²) in [6, 6.07) is 35.8. The lowest BCUT2D eigenvalue weighted by Gasteiger charge is -2.18. The van der Waals surface area contributed by atoms with Crippen LogP contribution in [0.15, 0.2) is 97.1 Å². The predicted octanol–water partition coefficient (Wildman–Crippen LogP) is 8.69. The summed E-state index contributed by atoms with van der Waals surface area (Å²) in [7, 11) is 0. The summed E-state index contributed by atoms with van der Waals surface area (Å²) in [5.74, 6) is 0.484. The molecule has 0 unspecified atom stereocenters. The lowest BCUT2D eigenvalue weighted by atomic mass is 9.86. The zero-order valence-electron chi connectivity index (χ0n) is 18.9. The van der Waals surface area contributed by atoms with Crippen LogP contribution in [0, 0.1) is 0 Å². The second-order valence-corrected chi connectivity index (χ2v) is 8.72. The molecular formula is C31H32. The van der Waals surface area contributed by atoms with Gasteiger partial charge in [-0.15, -0.1) is 0 Å². The van der Waals surface area contributed by atoms with Crippen LogP contribution >= 0.6 is 0 Å². The van der Waals surface area contributed by atoms with Crippen LogP contribution in [0.5, 0.6) is 0 Å². The molecule has 4 rings (SSSR count). The quantitative estimate of drug-likeness (QED) is 0.289. The Labute approximate surface area is 187 Å². The van der Waals surface area contributed by atoms with Crippen molar-refractivity contribution in [2.75, 3.05) is 0 Å². The maximum Gasteiger partial charge on any atom is -0.00196 e. The number of aryl methyl sites for hydroxylation is 1. The first kappa shape index (κ1) is 21.1. The van der Waals surface area contributed by atoms with Crippen molar-refractivity contribution in [2.45, 2.75) is 46.0 Å². The maximum atomic E-state index is 2.40. The van der Waals surface area contributed by atoms with Crippen molar-refractivity contribution >= 4 is 0 Å². The van der Waals surface area contributed by atoms with Crippen molar-refractivity contribution in [3.05, 3.63) is 119 Å². The van der Waals surface area contributed by atoms with Crippen LogP contribution in [-0.4, -0.2) is 0 Å². The van der Waals surface area contributed by atoms with Gasteiger partial charge in [-0.1, -0.05) is 118 Å². The molecule has 0 aromatic heterocycles. The zero-order chi connectivity index (χ0) is 21.6. The van der Waals surface area contributed by atoms with Crippen LogP contribution in [0.4, 0.5) is 0 Å². The summed E-state index contributed by atoms with van der Waals surface area (Å²) in [5, 5.41) is 0. The molecule has 156 valence electrons. The van der Waals surface area contributed by atoms with Gasteiger partial charge in [-0.3, -0.25) is 0 Å². The maximum absolute atomic E-state index is 2.40. The summed E-state index contributed by atoms with van der Waals surface area (Å²) in [6.45, 7) is 6.80. The highest BCUT2D eigenvalue weighted by atomic mass is 14.2. The van der Waals surface area contributed by atoms with Crippen molar-refractivity contribution in [2.24, 2.45) is 0 Å². The van der Waals surface area contributed by atoms with Gasteiger partial charge < -0.3 is 0 Å². The van der Waals surface area contributed by atoms with E-state index in [1.165, 1.54) is 50.9 Å². The summed E-state index contributed by atoms with van der Waals surface area (Å²) in [6.07, 6.45) is 3.27. The highest BCUT2D eigenvalue weighted by Gasteiger charge is 2.14. The highest BCUT2D eigenvalue weighted by molar-refractivity contribution is 5.78. The van der Waals surface area contributed by atoms with E-state index in [1.54, 1.807) is 0 Å². The van der Waals surface area contributed by atoms with Gasteiger partial charge in [0, 0.05) is 0 Å². The second-order valence-electron chi connectivity index (χ2n) is 8.72. The monoisotopic (exact) mass is 404 g/mol. The molecule has 0 spiro atoms. The number of hydrogen-bond donors (Lipinski definition) is 0. The molecule has 0 atom stereocenters. The molecule has 31 heavy (non-hydrogen) atoms. The first-order valence-electron chi connectivity index (χ1n) is 11.5. The van der Waals surface area contributed by atoms with E-state index in [4.69, 9.17) is 0 Å². The molecule has 0 N–H and O–H groups in total. The Kier molecular flexibility index (Phi) is 6.67. The molecule has 0 heteroatoms. The molecule has 0 aliphatic rings. The molecule has 0 saturated heterocycles. The van der Waals surface area contributed by atoms with E-state index in [2.05, 4.69) is 118 Å². The van der Waals surface area contributed by atoms with Crippen molar-refractivity contribution in [1.82, 2.24) is 0 Å². The zero-order valence-corrected chi connectivity index (χ0v) is 18.9. The van der Waals surface area contributed by atoms with E-state index < -0.39 is 0 Å². The molecule has 0 amide bonds. The first-order valence-corrected chi connectivity index (χ1v) is 11.5. The van der Waals surface area contributed by atoms with Crippen molar-refractivity contribution in [1.29, 1.82) is 0 Å². The van der Waals surface area contributed by atoms with Crippen LogP contribution in [0.2, 0.25) is 0 Å². The molecule has 4 aromatic carbocycles. The summed E-state index contributed by atoms with van der Waals surface area (Å²) in [5.41, 5.74) is 10.8. The third-order valence-corrected chi connectivity index (χ3v) is 6.05. The van der Waals surface area contributed by atoms with Crippen molar-refractivity contribution in [3.8, 4) is 22.3 Å². The van der Waals surface area contributed by atoms with E-state index in [-0.39, 0.29) is 0 Å². The summed E-state index contributed by atoms with van der Waals surface area (Å²) >= 11 is 0.